The molecule has 288 valence electrons. The molecule has 0 aliphatic heterocycles. The molecule has 4 aromatic rings. The second kappa shape index (κ2) is 35.2. The minimum Gasteiger partial charge on any atom is -0.872 e. The van der Waals surface area contributed by atoms with Gasteiger partial charge in [0.2, 0.25) is 0 Å². The molecular weight excluding hydrogens is 986 g/mol. The number of nitrogens with one attached hydrogen (secondary N) is 2. The maximum atomic E-state index is 11.5. The zero-order chi connectivity index (χ0) is 39.8. The van der Waals surface area contributed by atoms with Crippen molar-refractivity contribution in [1.29, 1.82) is 0 Å². The molecule has 0 fully saturated rings. The molecule has 0 aliphatic carbocycles. The van der Waals surface area contributed by atoms with E-state index in [0.29, 0.717) is 74.6 Å². The SMILES string of the molecule is O=[N+]([O-])[O-].O=[N+]([O-])[O-].[O-]c1ccccc1C=NCCNCCN=Cc1ccccc1[O-].[O-]c1ccccc1C=NCCNCCN=Cc1ccccc1[O-].[Pr+3].[Pr+3]. The Kier molecular flexibility index (Phi) is 33.9. The number of rotatable bonds is 16. The van der Waals surface area contributed by atoms with E-state index in [1.54, 1.807) is 73.4 Å². The third kappa shape index (κ3) is 29.1. The summed E-state index contributed by atoms with van der Waals surface area (Å²) in [6, 6.07) is 27.2. The molecule has 2 N–H and O–H groups in total. The van der Waals surface area contributed by atoms with Gasteiger partial charge in [0.1, 0.15) is 0 Å². The molecule has 0 heterocycles. The van der Waals surface area contributed by atoms with Crippen LogP contribution in [0.5, 0.6) is 23.0 Å². The van der Waals surface area contributed by atoms with Crippen molar-refractivity contribution in [2.75, 3.05) is 52.4 Å². The van der Waals surface area contributed by atoms with Gasteiger partial charge in [0, 0.05) is 51.0 Å². The van der Waals surface area contributed by atoms with Crippen LogP contribution >= 0.6 is 0 Å². The molecule has 4 aromatic carbocycles. The largest absolute Gasteiger partial charge is 3.00 e. The monoisotopic (exact) mass is 1020 g/mol. The van der Waals surface area contributed by atoms with Crippen LogP contribution in [0.1, 0.15) is 22.3 Å². The smallest absolute Gasteiger partial charge is 0.872 e. The van der Waals surface area contributed by atoms with Gasteiger partial charge < -0.3 is 61.7 Å². The van der Waals surface area contributed by atoms with E-state index in [9.17, 15) is 20.4 Å². The second-order valence-electron chi connectivity index (χ2n) is 10.2. The molecule has 0 aromatic heterocycles. The molecule has 18 nitrogen and oxygen atoms in total. The number of para-hydroxylation sites is 4. The van der Waals surface area contributed by atoms with E-state index in [-0.39, 0.29) is 106 Å². The summed E-state index contributed by atoms with van der Waals surface area (Å²) in [6.07, 6.45) is 6.42. The van der Waals surface area contributed by atoms with Crippen LogP contribution in [-0.2, 0) is 0 Å². The molecule has 0 amide bonds. The summed E-state index contributed by atoms with van der Waals surface area (Å²) in [6.45, 7) is 5.25. The first-order valence-corrected chi connectivity index (χ1v) is 16.1. The standard InChI is InChI=1S/2C18H21N3O2.2NO3.2Pr/c2*22-17-7-3-1-5-15(17)13-20-11-9-19-10-12-21-14-16-6-2-4-8-18(16)23;2*2-1(3)4;;/h2*1-8,13-14,19,22-23H,9-12H2;;;;/q;;2*-1;2*+3/p-4. The summed E-state index contributed by atoms with van der Waals surface area (Å²) in [5.74, 6) is -0.0659. The fourth-order valence-electron chi connectivity index (χ4n) is 3.82. The van der Waals surface area contributed by atoms with Crippen LogP contribution in [0.2, 0.25) is 0 Å². The van der Waals surface area contributed by atoms with Crippen molar-refractivity contribution in [2.24, 2.45) is 20.0 Å². The minimum atomic E-state index is -1.75. The van der Waals surface area contributed by atoms with E-state index in [0.717, 1.165) is 0 Å². The van der Waals surface area contributed by atoms with Gasteiger partial charge in [0.25, 0.3) is 0 Å². The molecule has 20 heteroatoms. The predicted octanol–water partition coefficient (Wildman–Crippen LogP) is 1.44. The summed E-state index contributed by atoms with van der Waals surface area (Å²) in [7, 11) is 0. The average Bonchev–Trinajstić information content (AvgIpc) is 3.13. The molecule has 0 atom stereocenters. The maximum absolute atomic E-state index is 11.5. The Bertz CT molecular complexity index is 1550. The molecule has 0 unspecified atom stereocenters. The molecule has 0 bridgehead atoms. The van der Waals surface area contributed by atoms with Crippen LogP contribution in [0, 0.1) is 113 Å². The van der Waals surface area contributed by atoms with Crippen molar-refractivity contribution < 1.29 is 113 Å². The quantitative estimate of drug-likeness (QED) is 0.0698. The Hall–Kier alpha value is -4.19. The van der Waals surface area contributed by atoms with Crippen LogP contribution in [0.25, 0.3) is 0 Å². The first-order valence-electron chi connectivity index (χ1n) is 16.1. The Labute approximate surface area is 390 Å². The molecule has 56 heavy (non-hydrogen) atoms. The number of hydrogen-bond acceptors (Lipinski definition) is 16. The third-order valence-electron chi connectivity index (χ3n) is 6.27. The topological polar surface area (TPSA) is 298 Å². The molecule has 0 radical (unpaired) electrons. The summed E-state index contributed by atoms with van der Waals surface area (Å²) < 4.78 is 0. The van der Waals surface area contributed by atoms with Crippen molar-refractivity contribution in [3.8, 4) is 23.0 Å². The molecule has 0 spiro atoms. The van der Waals surface area contributed by atoms with E-state index in [2.05, 4.69) is 30.6 Å². The normalized spacial score (nSPS) is 10.3. The summed E-state index contributed by atoms with van der Waals surface area (Å²) in [5.41, 5.74) is 2.42. The van der Waals surface area contributed by atoms with Crippen LogP contribution in [0.3, 0.4) is 0 Å². The van der Waals surface area contributed by atoms with Crippen LogP contribution < -0.4 is 31.1 Å². The van der Waals surface area contributed by atoms with E-state index in [1.165, 1.54) is 24.3 Å². The number of hydrogen-bond donors (Lipinski definition) is 2. The van der Waals surface area contributed by atoms with Gasteiger partial charge in [-0.05, 0) is 22.3 Å². The number of nitrogens with zero attached hydrogens (tertiary/aromatic N) is 6. The van der Waals surface area contributed by atoms with Gasteiger partial charge in [-0.25, -0.2) is 0 Å². The minimum absolute atomic E-state index is 0. The van der Waals surface area contributed by atoms with Gasteiger partial charge in [0.05, 0.1) is 36.4 Å². The number of benzene rings is 4. The van der Waals surface area contributed by atoms with E-state index in [1.807, 2.05) is 24.3 Å². The summed E-state index contributed by atoms with van der Waals surface area (Å²) in [5, 5.41) is 81.7. The van der Waals surface area contributed by atoms with Gasteiger partial charge >= 0.3 is 82.6 Å². The van der Waals surface area contributed by atoms with E-state index in [4.69, 9.17) is 30.6 Å². The first kappa shape index (κ1) is 53.9. The second-order valence-corrected chi connectivity index (χ2v) is 10.2. The van der Waals surface area contributed by atoms with E-state index < -0.39 is 10.2 Å². The maximum Gasteiger partial charge on any atom is 3.00 e. The van der Waals surface area contributed by atoms with Gasteiger partial charge in [-0.1, -0.05) is 97.1 Å². The predicted molar refractivity (Wildman–Crippen MR) is 200 cm³/mol. The van der Waals surface area contributed by atoms with Crippen molar-refractivity contribution in [3.63, 3.8) is 0 Å². The average molecular weight is 1020 g/mol. The molecule has 4 rings (SSSR count). The summed E-state index contributed by atoms with van der Waals surface area (Å²) >= 11 is 0. The van der Waals surface area contributed by atoms with E-state index >= 15 is 0 Å². The Balaban J connectivity index is 0. The fourth-order valence-corrected chi connectivity index (χ4v) is 3.82. The number of aliphatic imine (C=N–C) groups is 4. The zero-order valence-corrected chi connectivity index (χ0v) is 37.5. The Morgan fingerprint density at radius 2 is 0.589 bits per heavy atom. The fraction of sp³-hybridized carbons (Fsp3) is 0.222. The third-order valence-corrected chi connectivity index (χ3v) is 6.27. The van der Waals surface area contributed by atoms with Crippen LogP contribution in [0.15, 0.2) is 117 Å². The molecule has 0 aliphatic rings. The molecular formula is C36H38N8O10Pr2. The summed E-state index contributed by atoms with van der Waals surface area (Å²) in [4.78, 5) is 33.3. The van der Waals surface area contributed by atoms with Crippen LogP contribution in [0.4, 0.5) is 0 Å². The van der Waals surface area contributed by atoms with Gasteiger partial charge in [-0.15, -0.1) is 23.0 Å². The Morgan fingerprint density at radius 3 is 0.768 bits per heavy atom. The molecule has 0 saturated heterocycles. The van der Waals surface area contributed by atoms with Crippen molar-refractivity contribution >= 4 is 24.9 Å². The van der Waals surface area contributed by atoms with Crippen molar-refractivity contribution in [1.82, 2.24) is 10.6 Å². The first-order chi connectivity index (χ1) is 26.0. The van der Waals surface area contributed by atoms with Crippen molar-refractivity contribution in [3.05, 3.63) is 150 Å². The Morgan fingerprint density at radius 1 is 0.411 bits per heavy atom. The van der Waals surface area contributed by atoms with Gasteiger partial charge in [-0.3, -0.25) is 20.0 Å². The zero-order valence-electron chi connectivity index (χ0n) is 30.1. The van der Waals surface area contributed by atoms with Crippen LogP contribution in [-0.4, -0.2) is 87.4 Å². The van der Waals surface area contributed by atoms with Crippen molar-refractivity contribution in [2.45, 2.75) is 0 Å². The molecule has 0 saturated carbocycles. The van der Waals surface area contributed by atoms with Gasteiger partial charge in [0.15, 0.2) is 0 Å². The van der Waals surface area contributed by atoms with Gasteiger partial charge in [-0.2, -0.15) is 0 Å².